The molecule has 106 valence electrons. The van der Waals surface area contributed by atoms with Gasteiger partial charge in [0, 0.05) is 11.6 Å². The maximum atomic E-state index is 14.1. The van der Waals surface area contributed by atoms with Crippen LogP contribution in [-0.2, 0) is 4.74 Å². The van der Waals surface area contributed by atoms with Gasteiger partial charge in [0.1, 0.15) is 5.82 Å². The minimum Gasteiger partial charge on any atom is -0.493 e. The van der Waals surface area contributed by atoms with E-state index in [0.29, 0.717) is 17.1 Å². The highest BCUT2D eigenvalue weighted by Gasteiger charge is 2.31. The summed E-state index contributed by atoms with van der Waals surface area (Å²) in [5.74, 6) is 0.598. The molecule has 2 rings (SSSR count). The molecule has 5 heteroatoms. The van der Waals surface area contributed by atoms with Gasteiger partial charge in [0.25, 0.3) is 0 Å². The van der Waals surface area contributed by atoms with Crippen LogP contribution in [0.2, 0.25) is 0 Å². The molecule has 3 unspecified atom stereocenters. The minimum absolute atomic E-state index is 0.0115. The van der Waals surface area contributed by atoms with Crippen molar-refractivity contribution in [3.05, 3.63) is 23.5 Å². The Balaban J connectivity index is 2.28. The lowest BCUT2D eigenvalue weighted by atomic mass is 10.0. The smallest absolute Gasteiger partial charge is 0.163 e. The summed E-state index contributed by atoms with van der Waals surface area (Å²) in [5.41, 5.74) is 0.539. The van der Waals surface area contributed by atoms with Crippen LogP contribution in [0.15, 0.2) is 12.1 Å². The van der Waals surface area contributed by atoms with E-state index in [2.05, 4.69) is 15.9 Å². The highest BCUT2D eigenvalue weighted by Crippen LogP contribution is 2.40. The molecule has 0 amide bonds. The molecule has 1 aromatic carbocycles. The molecule has 0 spiro atoms. The van der Waals surface area contributed by atoms with Crippen LogP contribution in [0.4, 0.5) is 4.39 Å². The highest BCUT2D eigenvalue weighted by molar-refractivity contribution is 9.09. The molecule has 0 aliphatic carbocycles. The maximum Gasteiger partial charge on any atom is 0.163 e. The van der Waals surface area contributed by atoms with E-state index in [9.17, 15) is 4.39 Å². The maximum absolute atomic E-state index is 14.1. The normalized spacial score (nSPS) is 24.3. The van der Waals surface area contributed by atoms with Crippen LogP contribution in [0.25, 0.3) is 0 Å². The van der Waals surface area contributed by atoms with E-state index in [4.69, 9.17) is 14.2 Å². The van der Waals surface area contributed by atoms with Gasteiger partial charge in [-0.15, -0.1) is 0 Å². The molecule has 0 N–H and O–H groups in total. The zero-order valence-electron chi connectivity index (χ0n) is 11.3. The van der Waals surface area contributed by atoms with Crippen LogP contribution in [0.3, 0.4) is 0 Å². The third-order valence-corrected chi connectivity index (χ3v) is 4.47. The molecule has 0 saturated carbocycles. The molecule has 1 aliphatic rings. The quantitative estimate of drug-likeness (QED) is 0.784. The summed E-state index contributed by atoms with van der Waals surface area (Å²) in [7, 11) is 3.03. The van der Waals surface area contributed by atoms with Crippen molar-refractivity contribution >= 4 is 15.9 Å². The number of halogens is 2. The van der Waals surface area contributed by atoms with Gasteiger partial charge < -0.3 is 14.2 Å². The van der Waals surface area contributed by atoms with Crippen LogP contribution in [-0.4, -0.2) is 26.4 Å². The lowest BCUT2D eigenvalue weighted by Gasteiger charge is -2.20. The van der Waals surface area contributed by atoms with Crippen LogP contribution in [0.1, 0.15) is 30.2 Å². The number of hydrogen-bond acceptors (Lipinski definition) is 3. The number of alkyl halides is 1. The van der Waals surface area contributed by atoms with E-state index in [1.165, 1.54) is 20.3 Å². The van der Waals surface area contributed by atoms with Crippen molar-refractivity contribution in [3.63, 3.8) is 0 Å². The Morgan fingerprint density at radius 3 is 2.42 bits per heavy atom. The van der Waals surface area contributed by atoms with Crippen molar-refractivity contribution in [3.8, 4) is 11.5 Å². The first-order chi connectivity index (χ1) is 9.06. The average molecular weight is 333 g/mol. The Hall–Kier alpha value is -0.810. The largest absolute Gasteiger partial charge is 0.493 e. The van der Waals surface area contributed by atoms with Gasteiger partial charge in [0.05, 0.1) is 31.3 Å². The molecule has 0 aromatic heterocycles. The zero-order valence-corrected chi connectivity index (χ0v) is 12.9. The molecule has 19 heavy (non-hydrogen) atoms. The van der Waals surface area contributed by atoms with Gasteiger partial charge >= 0.3 is 0 Å². The van der Waals surface area contributed by atoms with Crippen LogP contribution in [0.5, 0.6) is 11.5 Å². The third-order valence-electron chi connectivity index (χ3n) is 3.39. The van der Waals surface area contributed by atoms with Crippen LogP contribution >= 0.6 is 15.9 Å². The summed E-state index contributed by atoms with van der Waals surface area (Å²) in [4.78, 5) is -0.183. The summed E-state index contributed by atoms with van der Waals surface area (Å²) >= 11 is 3.54. The first kappa shape index (κ1) is 14.6. The monoisotopic (exact) mass is 332 g/mol. The van der Waals surface area contributed by atoms with E-state index in [-0.39, 0.29) is 22.9 Å². The number of rotatable bonds is 4. The first-order valence-corrected chi connectivity index (χ1v) is 7.19. The topological polar surface area (TPSA) is 27.7 Å². The first-order valence-electron chi connectivity index (χ1n) is 6.27. The van der Waals surface area contributed by atoms with Gasteiger partial charge in [0.15, 0.2) is 11.5 Å². The third kappa shape index (κ3) is 3.03. The molecular weight excluding hydrogens is 315 g/mol. The summed E-state index contributed by atoms with van der Waals surface area (Å²) in [6, 6.07) is 3.01. The molecular formula is C14H18BrFO3. The second-order valence-electron chi connectivity index (χ2n) is 4.69. The summed E-state index contributed by atoms with van der Waals surface area (Å²) in [5, 5.41) is 0. The Morgan fingerprint density at radius 2 is 1.89 bits per heavy atom. The van der Waals surface area contributed by atoms with Gasteiger partial charge in [-0.05, 0) is 25.8 Å². The molecule has 0 bridgehead atoms. The molecule has 3 atom stereocenters. The Bertz CT molecular complexity index is 453. The standard InChI is InChI=1S/C14H18BrFO3/c1-8-4-5-11(19-8)14(15)9-6-12(17-2)13(18-3)7-10(9)16/h6-8,11,14H,4-5H2,1-3H3. The molecule has 1 aromatic rings. The van der Waals surface area contributed by atoms with E-state index < -0.39 is 0 Å². The van der Waals surface area contributed by atoms with E-state index >= 15 is 0 Å². The van der Waals surface area contributed by atoms with Crippen molar-refractivity contribution < 1.29 is 18.6 Å². The Kier molecular flexibility index (Phi) is 4.68. The van der Waals surface area contributed by atoms with E-state index in [0.717, 1.165) is 12.8 Å². The predicted molar refractivity (Wildman–Crippen MR) is 74.7 cm³/mol. The molecule has 3 nitrogen and oxygen atoms in total. The zero-order chi connectivity index (χ0) is 14.0. The van der Waals surface area contributed by atoms with Crippen LogP contribution in [0, 0.1) is 5.82 Å². The molecule has 0 radical (unpaired) electrons. The van der Waals surface area contributed by atoms with Crippen molar-refractivity contribution in [1.29, 1.82) is 0 Å². The summed E-state index contributed by atoms with van der Waals surface area (Å²) in [6.07, 6.45) is 2.14. The lowest BCUT2D eigenvalue weighted by molar-refractivity contribution is 0.0551. The fourth-order valence-electron chi connectivity index (χ4n) is 2.33. The van der Waals surface area contributed by atoms with Gasteiger partial charge in [0.2, 0.25) is 0 Å². The fraction of sp³-hybridized carbons (Fsp3) is 0.571. The molecule has 1 saturated heterocycles. The molecule has 1 heterocycles. The number of methoxy groups -OCH3 is 2. The number of benzene rings is 1. The van der Waals surface area contributed by atoms with E-state index in [1.807, 2.05) is 6.92 Å². The Morgan fingerprint density at radius 1 is 1.26 bits per heavy atom. The number of ether oxygens (including phenoxy) is 3. The van der Waals surface area contributed by atoms with Crippen molar-refractivity contribution in [2.24, 2.45) is 0 Å². The fourth-order valence-corrected chi connectivity index (χ4v) is 3.07. The SMILES string of the molecule is COc1cc(F)c(C(Br)C2CCC(C)O2)cc1OC. The van der Waals surface area contributed by atoms with Crippen molar-refractivity contribution in [1.82, 2.24) is 0 Å². The van der Waals surface area contributed by atoms with Gasteiger partial charge in [-0.3, -0.25) is 0 Å². The number of hydrogen-bond donors (Lipinski definition) is 0. The van der Waals surface area contributed by atoms with Gasteiger partial charge in [-0.2, -0.15) is 0 Å². The van der Waals surface area contributed by atoms with E-state index in [1.54, 1.807) is 6.07 Å². The second-order valence-corrected chi connectivity index (χ2v) is 5.68. The van der Waals surface area contributed by atoms with Crippen molar-refractivity contribution in [2.75, 3.05) is 14.2 Å². The Labute approximate surface area is 121 Å². The average Bonchev–Trinajstić information content (AvgIpc) is 2.84. The van der Waals surface area contributed by atoms with Crippen molar-refractivity contribution in [2.45, 2.75) is 36.8 Å². The summed E-state index contributed by atoms with van der Waals surface area (Å²) < 4.78 is 30.2. The summed E-state index contributed by atoms with van der Waals surface area (Å²) in [6.45, 7) is 2.03. The molecule has 1 aliphatic heterocycles. The van der Waals surface area contributed by atoms with Crippen LogP contribution < -0.4 is 9.47 Å². The van der Waals surface area contributed by atoms with Gasteiger partial charge in [-0.1, -0.05) is 15.9 Å². The van der Waals surface area contributed by atoms with Gasteiger partial charge in [-0.25, -0.2) is 4.39 Å². The minimum atomic E-state index is -0.317. The molecule has 1 fully saturated rings. The predicted octanol–water partition coefficient (Wildman–Crippen LogP) is 3.85. The highest BCUT2D eigenvalue weighted by atomic mass is 79.9. The second kappa shape index (κ2) is 6.09. The lowest BCUT2D eigenvalue weighted by Crippen LogP contribution is -2.15.